The molecular weight excluding hydrogens is 218 g/mol. The van der Waals surface area contributed by atoms with Crippen LogP contribution in [0.5, 0.6) is 0 Å². The highest BCUT2D eigenvalue weighted by molar-refractivity contribution is 7.85. The summed E-state index contributed by atoms with van der Waals surface area (Å²) < 4.78 is 12.1. The van der Waals surface area contributed by atoms with E-state index in [1.165, 1.54) is 0 Å². The summed E-state index contributed by atoms with van der Waals surface area (Å²) in [6.45, 7) is 8.45. The Hall–Kier alpha value is -0.830. The molecule has 0 aromatic heterocycles. The van der Waals surface area contributed by atoms with Crippen molar-refractivity contribution in [2.24, 2.45) is 5.41 Å². The number of anilines is 1. The molecule has 0 amide bonds. The summed E-state index contributed by atoms with van der Waals surface area (Å²) >= 11 is 0. The van der Waals surface area contributed by atoms with Gasteiger partial charge in [0, 0.05) is 11.4 Å². The van der Waals surface area contributed by atoms with E-state index in [-0.39, 0.29) is 5.41 Å². The first-order chi connectivity index (χ1) is 7.29. The Bertz CT molecular complexity index is 393. The van der Waals surface area contributed by atoms with Crippen LogP contribution >= 0.6 is 0 Å². The second-order valence-corrected chi connectivity index (χ2v) is 6.94. The zero-order chi connectivity index (χ0) is 12.3. The first-order valence-corrected chi connectivity index (χ1v) is 6.86. The number of rotatable bonds is 3. The zero-order valence-corrected chi connectivity index (χ0v) is 11.4. The molecule has 1 aromatic rings. The van der Waals surface area contributed by atoms with Crippen LogP contribution in [0.25, 0.3) is 0 Å². The van der Waals surface area contributed by atoms with E-state index in [0.29, 0.717) is 11.4 Å². The molecule has 16 heavy (non-hydrogen) atoms. The molecule has 1 unspecified atom stereocenters. The molecule has 0 bridgehead atoms. The summed E-state index contributed by atoms with van der Waals surface area (Å²) in [5, 5.41) is 0. The van der Waals surface area contributed by atoms with Crippen molar-refractivity contribution >= 4 is 16.5 Å². The van der Waals surface area contributed by atoms with Gasteiger partial charge in [-0.2, -0.15) is 0 Å². The van der Waals surface area contributed by atoms with E-state index in [0.717, 1.165) is 16.9 Å². The predicted octanol–water partition coefficient (Wildman–Crippen LogP) is 3.12. The van der Waals surface area contributed by atoms with Gasteiger partial charge < -0.3 is 5.73 Å². The van der Waals surface area contributed by atoms with Gasteiger partial charge in [-0.05, 0) is 36.5 Å². The van der Waals surface area contributed by atoms with E-state index < -0.39 is 10.8 Å². The minimum Gasteiger partial charge on any atom is -0.398 e. The Morgan fingerprint density at radius 2 is 1.94 bits per heavy atom. The van der Waals surface area contributed by atoms with E-state index in [1.807, 2.05) is 25.1 Å². The van der Waals surface area contributed by atoms with Crippen molar-refractivity contribution in [2.75, 3.05) is 11.5 Å². The minimum atomic E-state index is -0.975. The van der Waals surface area contributed by atoms with Crippen LogP contribution in [0.15, 0.2) is 23.1 Å². The molecule has 2 N–H and O–H groups in total. The maximum atomic E-state index is 12.1. The van der Waals surface area contributed by atoms with Crippen molar-refractivity contribution in [3.8, 4) is 0 Å². The molecule has 1 aromatic carbocycles. The molecule has 2 nitrogen and oxygen atoms in total. The van der Waals surface area contributed by atoms with Crippen molar-refractivity contribution in [2.45, 2.75) is 39.0 Å². The van der Waals surface area contributed by atoms with Crippen LogP contribution in [0, 0.1) is 12.3 Å². The summed E-state index contributed by atoms with van der Waals surface area (Å²) in [5.41, 5.74) is 7.84. The molecule has 1 rings (SSSR count). The number of hydrogen-bond acceptors (Lipinski definition) is 2. The van der Waals surface area contributed by atoms with Gasteiger partial charge in [-0.15, -0.1) is 0 Å². The Kier molecular flexibility index (Phi) is 4.14. The van der Waals surface area contributed by atoms with Crippen LogP contribution in [0.4, 0.5) is 5.69 Å². The average molecular weight is 239 g/mol. The summed E-state index contributed by atoms with van der Waals surface area (Å²) in [6, 6.07) is 5.72. The third-order valence-electron chi connectivity index (χ3n) is 2.45. The van der Waals surface area contributed by atoms with Crippen molar-refractivity contribution in [3.63, 3.8) is 0 Å². The van der Waals surface area contributed by atoms with Gasteiger partial charge in [-0.1, -0.05) is 26.8 Å². The van der Waals surface area contributed by atoms with Crippen LogP contribution in [-0.4, -0.2) is 9.96 Å². The third kappa shape index (κ3) is 3.97. The normalized spacial score (nSPS) is 13.8. The standard InChI is InChI=1S/C13H21NOS/c1-10-5-6-12(11(14)9-10)16(15)8-7-13(2,3)4/h5-6,9H,7-8,14H2,1-4H3. The van der Waals surface area contributed by atoms with Crippen molar-refractivity contribution in [3.05, 3.63) is 23.8 Å². The lowest BCUT2D eigenvalue weighted by Crippen LogP contribution is -2.11. The highest BCUT2D eigenvalue weighted by atomic mass is 32.2. The van der Waals surface area contributed by atoms with E-state index in [1.54, 1.807) is 0 Å². The van der Waals surface area contributed by atoms with Crippen LogP contribution in [0.2, 0.25) is 0 Å². The molecule has 0 aliphatic carbocycles. The lowest BCUT2D eigenvalue weighted by Gasteiger charge is -2.17. The fourth-order valence-electron chi connectivity index (χ4n) is 1.38. The Morgan fingerprint density at radius 1 is 1.31 bits per heavy atom. The second-order valence-electron chi connectivity index (χ2n) is 5.40. The minimum absolute atomic E-state index is 0.217. The SMILES string of the molecule is Cc1ccc(S(=O)CCC(C)(C)C)c(N)c1. The largest absolute Gasteiger partial charge is 0.398 e. The highest BCUT2D eigenvalue weighted by Crippen LogP contribution is 2.23. The number of hydrogen-bond donors (Lipinski definition) is 1. The molecule has 3 heteroatoms. The first-order valence-electron chi connectivity index (χ1n) is 5.54. The fourth-order valence-corrected chi connectivity index (χ4v) is 2.94. The monoisotopic (exact) mass is 239 g/mol. The average Bonchev–Trinajstić information content (AvgIpc) is 2.13. The fraction of sp³-hybridized carbons (Fsp3) is 0.538. The quantitative estimate of drug-likeness (QED) is 0.824. The van der Waals surface area contributed by atoms with Gasteiger partial charge in [0.25, 0.3) is 0 Å². The van der Waals surface area contributed by atoms with Crippen molar-refractivity contribution in [1.29, 1.82) is 0 Å². The van der Waals surface area contributed by atoms with Gasteiger partial charge in [0.2, 0.25) is 0 Å². The maximum absolute atomic E-state index is 12.1. The number of benzene rings is 1. The van der Waals surface area contributed by atoms with Gasteiger partial charge >= 0.3 is 0 Å². The van der Waals surface area contributed by atoms with Gasteiger partial charge in [0.15, 0.2) is 0 Å². The van der Waals surface area contributed by atoms with Gasteiger partial charge in [-0.3, -0.25) is 4.21 Å². The third-order valence-corrected chi connectivity index (χ3v) is 3.89. The van der Waals surface area contributed by atoms with Crippen LogP contribution in [0.3, 0.4) is 0 Å². The molecule has 0 saturated carbocycles. The van der Waals surface area contributed by atoms with E-state index in [4.69, 9.17) is 5.73 Å². The number of nitrogens with two attached hydrogens (primary N) is 1. The molecule has 0 aliphatic heterocycles. The smallest absolute Gasteiger partial charge is 0.0617 e. The first kappa shape index (κ1) is 13.2. The van der Waals surface area contributed by atoms with E-state index in [9.17, 15) is 4.21 Å². The van der Waals surface area contributed by atoms with Crippen LogP contribution in [-0.2, 0) is 10.8 Å². The van der Waals surface area contributed by atoms with E-state index in [2.05, 4.69) is 20.8 Å². The number of nitrogen functional groups attached to an aromatic ring is 1. The predicted molar refractivity (Wildman–Crippen MR) is 70.9 cm³/mol. The van der Waals surface area contributed by atoms with Crippen LogP contribution < -0.4 is 5.73 Å². The second kappa shape index (κ2) is 5.00. The molecule has 0 heterocycles. The number of aryl methyl sites for hydroxylation is 1. The lowest BCUT2D eigenvalue weighted by atomic mass is 9.94. The molecule has 90 valence electrons. The molecule has 1 atom stereocenters. The summed E-state index contributed by atoms with van der Waals surface area (Å²) in [7, 11) is -0.975. The van der Waals surface area contributed by atoms with Gasteiger partial charge in [-0.25, -0.2) is 0 Å². The molecule has 0 fully saturated rings. The summed E-state index contributed by atoms with van der Waals surface area (Å²) in [4.78, 5) is 0.773. The molecule has 0 saturated heterocycles. The van der Waals surface area contributed by atoms with Crippen LogP contribution in [0.1, 0.15) is 32.8 Å². The highest BCUT2D eigenvalue weighted by Gasteiger charge is 2.14. The van der Waals surface area contributed by atoms with Crippen molar-refractivity contribution in [1.82, 2.24) is 0 Å². The molecule has 0 radical (unpaired) electrons. The summed E-state index contributed by atoms with van der Waals surface area (Å²) in [6.07, 6.45) is 0.937. The lowest BCUT2D eigenvalue weighted by molar-refractivity contribution is 0.400. The van der Waals surface area contributed by atoms with E-state index >= 15 is 0 Å². The Balaban J connectivity index is 2.74. The van der Waals surface area contributed by atoms with Gasteiger partial charge in [0.1, 0.15) is 0 Å². The topological polar surface area (TPSA) is 43.1 Å². The Morgan fingerprint density at radius 3 is 2.44 bits per heavy atom. The summed E-state index contributed by atoms with van der Waals surface area (Å²) in [5.74, 6) is 0.677. The Labute approximate surface area is 101 Å². The van der Waals surface area contributed by atoms with Gasteiger partial charge in [0.05, 0.1) is 15.7 Å². The molecular formula is C13H21NOS. The zero-order valence-electron chi connectivity index (χ0n) is 10.5. The van der Waals surface area contributed by atoms with Crippen molar-refractivity contribution < 1.29 is 4.21 Å². The molecule has 0 aliphatic rings. The maximum Gasteiger partial charge on any atom is 0.0617 e. The molecule has 0 spiro atoms.